The van der Waals surface area contributed by atoms with E-state index in [4.69, 9.17) is 13.9 Å². The molecule has 12 heteroatoms. The number of amides is 2. The van der Waals surface area contributed by atoms with Crippen molar-refractivity contribution in [1.82, 2.24) is 4.90 Å². The van der Waals surface area contributed by atoms with E-state index in [9.17, 15) is 34.1 Å². The van der Waals surface area contributed by atoms with E-state index in [0.29, 0.717) is 4.90 Å². The average Bonchev–Trinajstić information content (AvgIpc) is 3.53. The molecule has 0 saturated carbocycles. The smallest absolute Gasteiger partial charge is 0.379 e. The zero-order valence-electron chi connectivity index (χ0n) is 20.8. The molecule has 1 aliphatic heterocycles. The fourth-order valence-corrected chi connectivity index (χ4v) is 4.05. The van der Waals surface area contributed by atoms with Gasteiger partial charge in [-0.15, -0.1) is 0 Å². The summed E-state index contributed by atoms with van der Waals surface area (Å²) in [4.78, 5) is 75.0. The van der Waals surface area contributed by atoms with E-state index in [1.54, 1.807) is 13.8 Å². The second-order valence-corrected chi connectivity index (χ2v) is 9.00. The normalized spacial score (nSPS) is 13.3. The second kappa shape index (κ2) is 11.1. The highest BCUT2D eigenvalue weighted by atomic mass is 16.6. The number of fused-ring (bicyclic) bond motifs is 1. The Kier molecular flexibility index (Phi) is 7.65. The van der Waals surface area contributed by atoms with Gasteiger partial charge in [0.25, 0.3) is 17.5 Å². The summed E-state index contributed by atoms with van der Waals surface area (Å²) in [6, 6.07) is 10.7. The summed E-state index contributed by atoms with van der Waals surface area (Å²) in [5, 5.41) is 11.4. The number of ketones is 1. The number of esters is 2. The Balaban J connectivity index is 1.44. The topological polar surface area (TPSA) is 163 Å². The Hall–Kier alpha value is -5.13. The predicted molar refractivity (Wildman–Crippen MR) is 132 cm³/mol. The van der Waals surface area contributed by atoms with Crippen LogP contribution in [-0.2, 0) is 9.53 Å². The van der Waals surface area contributed by atoms with Crippen LogP contribution in [0.3, 0.4) is 0 Å². The van der Waals surface area contributed by atoms with Crippen molar-refractivity contribution in [3.05, 3.63) is 93.4 Å². The summed E-state index contributed by atoms with van der Waals surface area (Å²) in [6.07, 6.45) is 1.34. The third-order valence-electron chi connectivity index (χ3n) is 5.85. The molecule has 12 nitrogen and oxygen atoms in total. The number of nitrogens with zero attached hydrogens (tertiary/aromatic N) is 2. The van der Waals surface area contributed by atoms with Crippen molar-refractivity contribution >= 4 is 35.2 Å². The van der Waals surface area contributed by atoms with Crippen LogP contribution >= 0.6 is 0 Å². The first kappa shape index (κ1) is 26.9. The van der Waals surface area contributed by atoms with Crippen LogP contribution in [0.1, 0.15) is 61.9 Å². The van der Waals surface area contributed by atoms with Crippen molar-refractivity contribution < 1.29 is 42.8 Å². The molecule has 0 bridgehead atoms. The highest BCUT2D eigenvalue weighted by Crippen LogP contribution is 2.33. The molecule has 200 valence electrons. The van der Waals surface area contributed by atoms with E-state index in [0.717, 1.165) is 6.07 Å². The number of hydrogen-bond acceptors (Lipinski definition) is 10. The molecule has 1 unspecified atom stereocenters. The number of carbonyl (C=O) groups excluding carboxylic acids is 5. The first-order valence-corrected chi connectivity index (χ1v) is 11.8. The van der Waals surface area contributed by atoms with Gasteiger partial charge in [0, 0.05) is 11.6 Å². The van der Waals surface area contributed by atoms with Gasteiger partial charge >= 0.3 is 11.9 Å². The zero-order chi connectivity index (χ0) is 28.3. The molecule has 4 rings (SSSR count). The monoisotopic (exact) mass is 534 g/mol. The largest absolute Gasteiger partial charge is 0.457 e. The number of carbonyl (C=O) groups is 5. The van der Waals surface area contributed by atoms with Gasteiger partial charge in [-0.3, -0.25) is 29.4 Å². The maximum atomic E-state index is 13.1. The van der Waals surface area contributed by atoms with Gasteiger partial charge in [-0.05, 0) is 54.8 Å². The Morgan fingerprint density at radius 3 is 2.33 bits per heavy atom. The maximum absolute atomic E-state index is 13.1. The van der Waals surface area contributed by atoms with Crippen LogP contribution in [0.4, 0.5) is 5.69 Å². The molecule has 0 aliphatic carbocycles. The van der Waals surface area contributed by atoms with Crippen molar-refractivity contribution in [3.63, 3.8) is 0 Å². The molecular weight excluding hydrogens is 512 g/mol. The Labute approximate surface area is 221 Å². The van der Waals surface area contributed by atoms with Crippen LogP contribution in [0.5, 0.6) is 5.75 Å². The highest BCUT2D eigenvalue weighted by molar-refractivity contribution is 6.24. The molecule has 2 heterocycles. The van der Waals surface area contributed by atoms with Gasteiger partial charge in [0.1, 0.15) is 17.4 Å². The Morgan fingerprint density at radius 1 is 1.00 bits per heavy atom. The maximum Gasteiger partial charge on any atom is 0.379 e. The summed E-state index contributed by atoms with van der Waals surface area (Å²) in [5.41, 5.74) is -0.964. The third-order valence-corrected chi connectivity index (χ3v) is 5.85. The van der Waals surface area contributed by atoms with Gasteiger partial charge in [0.05, 0.1) is 16.7 Å². The molecule has 2 amide bonds. The van der Waals surface area contributed by atoms with Crippen LogP contribution in [0.15, 0.2) is 65.3 Å². The molecule has 0 saturated heterocycles. The molecule has 1 atom stereocenters. The lowest BCUT2D eigenvalue weighted by molar-refractivity contribution is -0.385. The number of Topliss-reactive ketones (excluding diaryl/α,β-unsaturated/α-hetero) is 1. The standard InChI is InChI=1S/C27H22N2O10/c1-15(2)13-20(28-24(31)18-5-3-6-19(29(35)36)23(18)25(28)32)26(33)38-14-21(30)16-8-10-17(11-9-16)39-27(34)22-7-4-12-37-22/h3-12,15,20H,13-14H2,1-2H3. The van der Waals surface area contributed by atoms with Crippen LogP contribution in [0, 0.1) is 16.0 Å². The van der Waals surface area contributed by atoms with E-state index in [1.807, 2.05) is 0 Å². The average molecular weight is 534 g/mol. The van der Waals surface area contributed by atoms with Crippen molar-refractivity contribution in [2.75, 3.05) is 6.61 Å². The van der Waals surface area contributed by atoms with E-state index < -0.39 is 58.4 Å². The van der Waals surface area contributed by atoms with Crippen molar-refractivity contribution in [2.24, 2.45) is 5.92 Å². The predicted octanol–water partition coefficient (Wildman–Crippen LogP) is 3.84. The highest BCUT2D eigenvalue weighted by Gasteiger charge is 2.47. The van der Waals surface area contributed by atoms with E-state index in [2.05, 4.69) is 0 Å². The lowest BCUT2D eigenvalue weighted by Crippen LogP contribution is -2.46. The fourth-order valence-electron chi connectivity index (χ4n) is 4.05. The number of benzene rings is 2. The Bertz CT molecular complexity index is 1460. The van der Waals surface area contributed by atoms with E-state index >= 15 is 0 Å². The zero-order valence-corrected chi connectivity index (χ0v) is 20.8. The molecule has 0 fully saturated rings. The van der Waals surface area contributed by atoms with E-state index in [-0.39, 0.29) is 35.0 Å². The SMILES string of the molecule is CC(C)CC(C(=O)OCC(=O)c1ccc(OC(=O)c2ccco2)cc1)N1C(=O)c2cccc([N+](=O)[O-])c2C1=O. The molecule has 2 aromatic carbocycles. The van der Waals surface area contributed by atoms with Crippen molar-refractivity contribution in [2.45, 2.75) is 26.3 Å². The van der Waals surface area contributed by atoms with E-state index in [1.165, 1.54) is 54.8 Å². The van der Waals surface area contributed by atoms with Gasteiger partial charge < -0.3 is 13.9 Å². The molecular formula is C27H22N2O10. The third kappa shape index (κ3) is 5.59. The number of nitro benzene ring substituents is 1. The first-order valence-electron chi connectivity index (χ1n) is 11.8. The lowest BCUT2D eigenvalue weighted by Gasteiger charge is -2.25. The van der Waals surface area contributed by atoms with Crippen LogP contribution in [0.2, 0.25) is 0 Å². The summed E-state index contributed by atoms with van der Waals surface area (Å²) >= 11 is 0. The minimum absolute atomic E-state index is 0.00526. The number of hydrogen-bond donors (Lipinski definition) is 0. The summed E-state index contributed by atoms with van der Waals surface area (Å²) in [7, 11) is 0. The van der Waals surface area contributed by atoms with Gasteiger partial charge in [-0.2, -0.15) is 0 Å². The second-order valence-electron chi connectivity index (χ2n) is 9.00. The van der Waals surface area contributed by atoms with Gasteiger partial charge in [0.15, 0.2) is 12.4 Å². The minimum atomic E-state index is -1.40. The quantitative estimate of drug-likeness (QED) is 0.0932. The number of ether oxygens (including phenoxy) is 2. The van der Waals surface area contributed by atoms with Gasteiger partial charge in [0.2, 0.25) is 5.76 Å². The van der Waals surface area contributed by atoms with Crippen molar-refractivity contribution in [3.8, 4) is 5.75 Å². The minimum Gasteiger partial charge on any atom is -0.457 e. The molecule has 1 aromatic heterocycles. The number of imide groups is 1. The number of rotatable bonds is 10. The molecule has 1 aliphatic rings. The molecule has 0 spiro atoms. The molecule has 0 radical (unpaired) electrons. The van der Waals surface area contributed by atoms with Crippen LogP contribution in [-0.4, -0.2) is 52.0 Å². The summed E-state index contributed by atoms with van der Waals surface area (Å²) in [6.45, 7) is 2.82. The van der Waals surface area contributed by atoms with Crippen LogP contribution in [0.25, 0.3) is 0 Å². The lowest BCUT2D eigenvalue weighted by atomic mass is 10.0. The number of furan rings is 1. The van der Waals surface area contributed by atoms with Crippen LogP contribution < -0.4 is 4.74 Å². The molecule has 0 N–H and O–H groups in total. The molecule has 3 aromatic rings. The fraction of sp³-hybridized carbons (Fsp3) is 0.222. The molecule has 39 heavy (non-hydrogen) atoms. The van der Waals surface area contributed by atoms with Crippen molar-refractivity contribution in [1.29, 1.82) is 0 Å². The number of nitro groups is 1. The summed E-state index contributed by atoms with van der Waals surface area (Å²) in [5.74, 6) is -4.15. The van der Waals surface area contributed by atoms with Gasteiger partial charge in [-0.1, -0.05) is 19.9 Å². The van der Waals surface area contributed by atoms with Gasteiger partial charge in [-0.25, -0.2) is 9.59 Å². The Morgan fingerprint density at radius 2 is 1.72 bits per heavy atom. The first-order chi connectivity index (χ1) is 18.6. The summed E-state index contributed by atoms with van der Waals surface area (Å²) < 4.78 is 15.3.